The predicted molar refractivity (Wildman–Crippen MR) is 143 cm³/mol. The molecule has 2 aliphatic heterocycles. The number of amides is 1. The summed E-state index contributed by atoms with van der Waals surface area (Å²) in [6.45, 7) is 0.0518. The van der Waals surface area contributed by atoms with Gasteiger partial charge in [0.2, 0.25) is 10.0 Å². The Hall–Kier alpha value is -3.16. The third-order valence-corrected chi connectivity index (χ3v) is 10.2. The van der Waals surface area contributed by atoms with Crippen molar-refractivity contribution in [1.29, 1.82) is 0 Å². The summed E-state index contributed by atoms with van der Waals surface area (Å²) in [6, 6.07) is 7.48. The average Bonchev–Trinajstić information content (AvgIpc) is 3.45. The molecule has 0 radical (unpaired) electrons. The highest BCUT2D eigenvalue weighted by atomic mass is 35.5. The number of halogens is 2. The summed E-state index contributed by atoms with van der Waals surface area (Å²) in [5.41, 5.74) is 0.393. The third kappa shape index (κ3) is 4.45. The normalized spacial score (nSPS) is 27.1. The van der Waals surface area contributed by atoms with Gasteiger partial charge in [-0.15, -0.1) is 4.40 Å². The van der Waals surface area contributed by atoms with E-state index in [1.54, 1.807) is 4.90 Å². The van der Waals surface area contributed by atoms with Crippen LogP contribution in [-0.2, 0) is 31.4 Å². The van der Waals surface area contributed by atoms with E-state index in [-0.39, 0.29) is 62.9 Å². The van der Waals surface area contributed by atoms with E-state index < -0.39 is 37.7 Å². The van der Waals surface area contributed by atoms with E-state index in [1.165, 1.54) is 30.3 Å². The van der Waals surface area contributed by atoms with E-state index >= 15 is 0 Å². The summed E-state index contributed by atoms with van der Waals surface area (Å²) < 4.78 is 69.3. The van der Waals surface area contributed by atoms with Crippen LogP contribution in [0.4, 0.5) is 15.8 Å². The summed E-state index contributed by atoms with van der Waals surface area (Å²) >= 11 is 6.28. The number of fused-ring (bicyclic) bond motifs is 6. The fraction of sp³-hybridized carbons (Fsp3) is 0.360. The Kier molecular flexibility index (Phi) is 5.97. The molecular weight excluding hydrogens is 571 g/mol. The lowest BCUT2D eigenvalue weighted by atomic mass is 9.77. The molecule has 0 aromatic heterocycles. The van der Waals surface area contributed by atoms with Gasteiger partial charge in [0, 0.05) is 29.2 Å². The van der Waals surface area contributed by atoms with Crippen LogP contribution in [0.3, 0.4) is 0 Å². The SMILES string of the molecule is CS(=O)(=O)Nc1ccc2c(c1)S(=O)(=O)N=C(C1=C(O)C3C4CCC(C4)C3N(Cc3ccc(F)cc3Cl)C1=O)N2. The number of aliphatic hydroxyl groups is 1. The van der Waals surface area contributed by atoms with Crippen molar-refractivity contribution >= 4 is 54.8 Å². The van der Waals surface area contributed by atoms with Gasteiger partial charge in [-0.1, -0.05) is 17.7 Å². The van der Waals surface area contributed by atoms with Gasteiger partial charge in [0.25, 0.3) is 15.9 Å². The van der Waals surface area contributed by atoms with E-state index in [4.69, 9.17) is 11.6 Å². The molecule has 2 aliphatic carbocycles. The van der Waals surface area contributed by atoms with Gasteiger partial charge in [-0.2, -0.15) is 8.42 Å². The van der Waals surface area contributed by atoms with E-state index in [1.807, 2.05) is 0 Å². The molecule has 39 heavy (non-hydrogen) atoms. The second kappa shape index (κ2) is 8.93. The number of anilines is 2. The Morgan fingerprint density at radius 3 is 2.67 bits per heavy atom. The number of carbonyl (C=O) groups excluding carboxylic acids is 1. The minimum Gasteiger partial charge on any atom is -0.511 e. The van der Waals surface area contributed by atoms with Crippen LogP contribution in [0.5, 0.6) is 0 Å². The van der Waals surface area contributed by atoms with Crippen molar-refractivity contribution in [2.45, 2.75) is 36.7 Å². The highest BCUT2D eigenvalue weighted by molar-refractivity contribution is 7.92. The summed E-state index contributed by atoms with van der Waals surface area (Å²) in [5, 5.41) is 14.4. The van der Waals surface area contributed by atoms with Gasteiger partial charge in [0.05, 0.1) is 11.9 Å². The first-order valence-electron chi connectivity index (χ1n) is 12.2. The molecule has 4 atom stereocenters. The molecule has 2 aromatic carbocycles. The number of carbonyl (C=O) groups is 1. The second-order valence-corrected chi connectivity index (χ2v) is 14.1. The second-order valence-electron chi connectivity index (χ2n) is 10.4. The summed E-state index contributed by atoms with van der Waals surface area (Å²) in [6.07, 6.45) is 3.54. The van der Waals surface area contributed by atoms with Crippen LogP contribution >= 0.6 is 11.6 Å². The van der Waals surface area contributed by atoms with Crippen LogP contribution in [0.25, 0.3) is 0 Å². The minimum atomic E-state index is -4.37. The first-order valence-corrected chi connectivity index (χ1v) is 16.0. The van der Waals surface area contributed by atoms with E-state index in [2.05, 4.69) is 14.4 Å². The van der Waals surface area contributed by atoms with Crippen molar-refractivity contribution in [1.82, 2.24) is 4.90 Å². The van der Waals surface area contributed by atoms with Gasteiger partial charge in [0.1, 0.15) is 22.0 Å². The van der Waals surface area contributed by atoms with Crippen molar-refractivity contribution in [2.75, 3.05) is 16.3 Å². The molecule has 1 amide bonds. The molecule has 14 heteroatoms. The topological polar surface area (TPSA) is 145 Å². The Morgan fingerprint density at radius 1 is 1.21 bits per heavy atom. The molecule has 2 aromatic rings. The molecule has 10 nitrogen and oxygen atoms in total. The van der Waals surface area contributed by atoms with Crippen molar-refractivity contribution in [3.8, 4) is 0 Å². The van der Waals surface area contributed by atoms with Crippen molar-refractivity contribution < 1.29 is 31.1 Å². The van der Waals surface area contributed by atoms with Crippen LogP contribution in [-0.4, -0.2) is 50.9 Å². The van der Waals surface area contributed by atoms with Gasteiger partial charge >= 0.3 is 0 Å². The van der Waals surface area contributed by atoms with Gasteiger partial charge < -0.3 is 15.3 Å². The third-order valence-electron chi connectivity index (χ3n) is 7.90. The average molecular weight is 595 g/mol. The Labute approximate surface area is 229 Å². The first kappa shape index (κ1) is 26.1. The summed E-state index contributed by atoms with van der Waals surface area (Å²) in [5.74, 6) is -1.74. The Morgan fingerprint density at radius 2 is 1.95 bits per heavy atom. The highest BCUT2D eigenvalue weighted by Crippen LogP contribution is 2.55. The molecule has 0 saturated heterocycles. The van der Waals surface area contributed by atoms with Crippen LogP contribution in [0.1, 0.15) is 24.8 Å². The molecular formula is C25H24ClFN4O6S2. The monoisotopic (exact) mass is 594 g/mol. The van der Waals surface area contributed by atoms with Crippen molar-refractivity contribution in [3.63, 3.8) is 0 Å². The number of benzene rings is 2. The number of rotatable bonds is 5. The zero-order valence-electron chi connectivity index (χ0n) is 20.6. The maximum absolute atomic E-state index is 14.0. The molecule has 0 spiro atoms. The molecule has 2 heterocycles. The van der Waals surface area contributed by atoms with E-state index in [9.17, 15) is 31.1 Å². The summed E-state index contributed by atoms with van der Waals surface area (Å²) in [7, 11) is -8.03. The smallest absolute Gasteiger partial charge is 0.286 e. The molecule has 4 unspecified atom stereocenters. The standard InChI is InChI=1S/C25H24ClFN4O6S2/c1-38(34,35)29-16-6-7-18-19(10-16)39(36,37)30-24(28-18)21-23(32)20-12-2-3-13(8-12)22(20)31(25(21)33)11-14-4-5-15(27)9-17(14)26/h4-7,9-10,12-13,20,22,29,32H,2-3,8,11H2,1H3,(H,28,30). The lowest BCUT2D eigenvalue weighted by Crippen LogP contribution is -2.53. The van der Waals surface area contributed by atoms with Gasteiger partial charge in [-0.05, 0) is 67.0 Å². The molecule has 3 N–H and O–H groups in total. The maximum Gasteiger partial charge on any atom is 0.286 e. The molecule has 2 saturated carbocycles. The maximum atomic E-state index is 14.0. The molecule has 2 fully saturated rings. The number of amidine groups is 1. The minimum absolute atomic E-state index is 0.0308. The molecule has 4 aliphatic rings. The largest absolute Gasteiger partial charge is 0.511 e. The lowest BCUT2D eigenvalue weighted by Gasteiger charge is -2.44. The van der Waals surface area contributed by atoms with Crippen molar-refractivity contribution in [2.24, 2.45) is 22.2 Å². The molecule has 206 valence electrons. The van der Waals surface area contributed by atoms with Crippen LogP contribution in [0.15, 0.2) is 57.0 Å². The van der Waals surface area contributed by atoms with E-state index in [0.717, 1.165) is 31.6 Å². The zero-order valence-corrected chi connectivity index (χ0v) is 22.9. The van der Waals surface area contributed by atoms with Gasteiger partial charge in [-0.3, -0.25) is 9.52 Å². The van der Waals surface area contributed by atoms with Crippen LogP contribution in [0.2, 0.25) is 5.02 Å². The van der Waals surface area contributed by atoms with Crippen LogP contribution < -0.4 is 10.0 Å². The number of sulfonamides is 2. The Balaban J connectivity index is 1.42. The van der Waals surface area contributed by atoms with Gasteiger partial charge in [0.15, 0.2) is 5.84 Å². The Bertz CT molecular complexity index is 1710. The number of nitrogens with zero attached hydrogens (tertiary/aromatic N) is 2. The number of hydrogen-bond acceptors (Lipinski definition) is 7. The lowest BCUT2D eigenvalue weighted by molar-refractivity contribution is -0.134. The fourth-order valence-corrected chi connectivity index (χ4v) is 8.36. The fourth-order valence-electron chi connectivity index (χ4n) is 6.43. The summed E-state index contributed by atoms with van der Waals surface area (Å²) in [4.78, 5) is 15.3. The van der Waals surface area contributed by atoms with Crippen molar-refractivity contribution in [3.05, 3.63) is 64.1 Å². The van der Waals surface area contributed by atoms with Gasteiger partial charge in [-0.25, -0.2) is 12.8 Å². The quantitative estimate of drug-likeness (QED) is 0.479. The molecule has 6 rings (SSSR count). The number of nitrogens with one attached hydrogen (secondary N) is 2. The van der Waals surface area contributed by atoms with Crippen LogP contribution in [0, 0.1) is 23.6 Å². The number of aliphatic hydroxyl groups excluding tert-OH is 1. The van der Waals surface area contributed by atoms with E-state index in [0.29, 0.717) is 5.56 Å². The predicted octanol–water partition coefficient (Wildman–Crippen LogP) is 3.63. The first-order chi connectivity index (χ1) is 18.3. The zero-order chi connectivity index (χ0) is 27.9. The highest BCUT2D eigenvalue weighted by Gasteiger charge is 2.57. The molecule has 2 bridgehead atoms. The number of hydrogen-bond donors (Lipinski definition) is 3.